The molecule has 6 rings (SSSR count). The lowest BCUT2D eigenvalue weighted by atomic mass is 9.98. The lowest BCUT2D eigenvalue weighted by Crippen LogP contribution is -2.44. The van der Waals surface area contributed by atoms with E-state index in [1.54, 1.807) is 13.3 Å². The predicted octanol–water partition coefficient (Wildman–Crippen LogP) is 5.90. The van der Waals surface area contributed by atoms with Gasteiger partial charge in [-0.1, -0.05) is 24.6 Å². The number of carbonyl (C=O) groups is 1. The van der Waals surface area contributed by atoms with Crippen LogP contribution in [-0.2, 0) is 16.1 Å². The Balaban J connectivity index is 1.17. The summed E-state index contributed by atoms with van der Waals surface area (Å²) in [6.45, 7) is 8.58. The number of anilines is 2. The van der Waals surface area contributed by atoms with Gasteiger partial charge in [0, 0.05) is 49.6 Å². The summed E-state index contributed by atoms with van der Waals surface area (Å²) in [6, 6.07) is 15.9. The minimum atomic E-state index is -0.750. The van der Waals surface area contributed by atoms with Gasteiger partial charge in [0.1, 0.15) is 11.6 Å². The number of aromatic nitrogens is 2. The quantitative estimate of drug-likeness (QED) is 0.185. The number of pyridine rings is 2. The van der Waals surface area contributed by atoms with E-state index < -0.39 is 12.0 Å². The Morgan fingerprint density at radius 2 is 1.93 bits per heavy atom. The molecule has 242 valence electrons. The SMILES string of the molecule is COc1ccc(-c2cccc(Nc3nccc4cc(CN5CCCCC5C(=O)O)cnc34)c2C)cc1OCCCN1CCOCC1. The van der Waals surface area contributed by atoms with Crippen molar-refractivity contribution in [2.45, 2.75) is 45.2 Å². The van der Waals surface area contributed by atoms with Crippen molar-refractivity contribution in [1.82, 2.24) is 19.8 Å². The Morgan fingerprint density at radius 3 is 2.76 bits per heavy atom. The van der Waals surface area contributed by atoms with Crippen LogP contribution in [0.15, 0.2) is 60.9 Å². The molecule has 2 aromatic carbocycles. The number of aliphatic carboxylic acids is 1. The van der Waals surface area contributed by atoms with Crippen molar-refractivity contribution < 1.29 is 24.1 Å². The summed E-state index contributed by atoms with van der Waals surface area (Å²) in [6.07, 6.45) is 7.21. The molecule has 2 N–H and O–H groups in total. The van der Waals surface area contributed by atoms with Gasteiger partial charge in [0.2, 0.25) is 0 Å². The molecule has 46 heavy (non-hydrogen) atoms. The Bertz CT molecular complexity index is 1660. The monoisotopic (exact) mass is 625 g/mol. The zero-order chi connectivity index (χ0) is 31.9. The van der Waals surface area contributed by atoms with E-state index in [0.717, 1.165) is 103 Å². The van der Waals surface area contributed by atoms with Gasteiger partial charge in [-0.2, -0.15) is 0 Å². The van der Waals surface area contributed by atoms with E-state index in [0.29, 0.717) is 31.1 Å². The Kier molecular flexibility index (Phi) is 10.3. The Morgan fingerprint density at radius 1 is 1.07 bits per heavy atom. The number of nitrogens with one attached hydrogen (secondary N) is 1. The van der Waals surface area contributed by atoms with Crippen molar-refractivity contribution >= 4 is 28.4 Å². The van der Waals surface area contributed by atoms with Crippen LogP contribution in [0.2, 0.25) is 0 Å². The van der Waals surface area contributed by atoms with Gasteiger partial charge in [-0.3, -0.25) is 19.6 Å². The highest BCUT2D eigenvalue weighted by Crippen LogP contribution is 2.36. The molecule has 4 heterocycles. The van der Waals surface area contributed by atoms with Gasteiger partial charge < -0.3 is 24.6 Å². The molecule has 2 aliphatic rings. The van der Waals surface area contributed by atoms with Crippen molar-refractivity contribution in [3.63, 3.8) is 0 Å². The summed E-state index contributed by atoms with van der Waals surface area (Å²) < 4.78 is 17.3. The predicted molar refractivity (Wildman–Crippen MR) is 179 cm³/mol. The maximum Gasteiger partial charge on any atom is 0.320 e. The molecule has 0 aliphatic carbocycles. The molecule has 2 aliphatic heterocycles. The van der Waals surface area contributed by atoms with E-state index in [1.807, 2.05) is 35.4 Å². The largest absolute Gasteiger partial charge is 0.493 e. The maximum absolute atomic E-state index is 11.8. The molecule has 0 radical (unpaired) electrons. The van der Waals surface area contributed by atoms with Crippen LogP contribution in [-0.4, -0.2) is 90.0 Å². The van der Waals surface area contributed by atoms with Crippen LogP contribution in [0.3, 0.4) is 0 Å². The average Bonchev–Trinajstić information content (AvgIpc) is 3.08. The summed E-state index contributed by atoms with van der Waals surface area (Å²) in [5.74, 6) is 1.37. The first-order chi connectivity index (χ1) is 22.5. The minimum Gasteiger partial charge on any atom is -0.493 e. The zero-order valence-corrected chi connectivity index (χ0v) is 26.7. The number of benzene rings is 2. The molecule has 2 fully saturated rings. The molecule has 0 amide bonds. The van der Waals surface area contributed by atoms with Crippen LogP contribution in [0.25, 0.3) is 22.0 Å². The summed E-state index contributed by atoms with van der Waals surface area (Å²) in [5.41, 5.74) is 5.89. The Labute approximate surface area is 270 Å². The van der Waals surface area contributed by atoms with Crippen LogP contribution in [0.5, 0.6) is 11.5 Å². The van der Waals surface area contributed by atoms with Gasteiger partial charge >= 0.3 is 5.97 Å². The molecule has 1 atom stereocenters. The second kappa shape index (κ2) is 14.9. The molecular formula is C36H43N5O5. The molecule has 0 spiro atoms. The number of hydrogen-bond acceptors (Lipinski definition) is 9. The molecule has 4 aromatic rings. The van der Waals surface area contributed by atoms with Crippen molar-refractivity contribution in [1.29, 1.82) is 0 Å². The van der Waals surface area contributed by atoms with Crippen molar-refractivity contribution in [2.75, 3.05) is 58.4 Å². The number of carboxylic acid groups (broad SMARTS) is 1. The lowest BCUT2D eigenvalue weighted by Gasteiger charge is -2.32. The smallest absolute Gasteiger partial charge is 0.320 e. The van der Waals surface area contributed by atoms with E-state index in [2.05, 4.69) is 46.4 Å². The van der Waals surface area contributed by atoms with Crippen molar-refractivity contribution in [3.05, 3.63) is 72.1 Å². The summed E-state index contributed by atoms with van der Waals surface area (Å²) in [5, 5.41) is 14.2. The number of hydrogen-bond donors (Lipinski definition) is 2. The molecular weight excluding hydrogens is 582 g/mol. The fraction of sp³-hybridized carbons (Fsp3) is 0.417. The summed E-state index contributed by atoms with van der Waals surface area (Å²) in [4.78, 5) is 25.7. The van der Waals surface area contributed by atoms with Crippen LogP contribution in [0.1, 0.15) is 36.8 Å². The first-order valence-corrected chi connectivity index (χ1v) is 16.2. The first kappa shape index (κ1) is 31.7. The highest BCUT2D eigenvalue weighted by Gasteiger charge is 2.28. The van der Waals surface area contributed by atoms with Gasteiger partial charge in [0.15, 0.2) is 17.3 Å². The number of likely N-dealkylation sites (tertiary alicyclic amines) is 1. The van der Waals surface area contributed by atoms with Crippen LogP contribution >= 0.6 is 0 Å². The van der Waals surface area contributed by atoms with Gasteiger partial charge in [0.25, 0.3) is 0 Å². The van der Waals surface area contributed by atoms with Crippen LogP contribution in [0.4, 0.5) is 11.5 Å². The third kappa shape index (κ3) is 7.41. The third-order valence-electron chi connectivity index (χ3n) is 8.98. The van der Waals surface area contributed by atoms with E-state index in [-0.39, 0.29) is 0 Å². The minimum absolute atomic E-state index is 0.442. The average molecular weight is 626 g/mol. The third-order valence-corrected chi connectivity index (χ3v) is 8.98. The van der Waals surface area contributed by atoms with Crippen LogP contribution < -0.4 is 14.8 Å². The van der Waals surface area contributed by atoms with E-state index in [1.165, 1.54) is 0 Å². The van der Waals surface area contributed by atoms with Gasteiger partial charge in [-0.15, -0.1) is 0 Å². The van der Waals surface area contributed by atoms with Crippen LogP contribution in [0, 0.1) is 6.92 Å². The van der Waals surface area contributed by atoms with E-state index in [4.69, 9.17) is 19.2 Å². The zero-order valence-electron chi connectivity index (χ0n) is 26.7. The molecule has 10 nitrogen and oxygen atoms in total. The van der Waals surface area contributed by atoms with Gasteiger partial charge in [-0.25, -0.2) is 4.98 Å². The molecule has 0 saturated carbocycles. The molecule has 0 bridgehead atoms. The molecule has 1 unspecified atom stereocenters. The second-order valence-corrected chi connectivity index (χ2v) is 12.0. The highest BCUT2D eigenvalue weighted by molar-refractivity contribution is 5.91. The lowest BCUT2D eigenvalue weighted by molar-refractivity contribution is -0.144. The fourth-order valence-electron chi connectivity index (χ4n) is 6.44. The number of ether oxygens (including phenoxy) is 3. The first-order valence-electron chi connectivity index (χ1n) is 16.2. The van der Waals surface area contributed by atoms with E-state index >= 15 is 0 Å². The normalized spacial score (nSPS) is 17.6. The highest BCUT2D eigenvalue weighted by atomic mass is 16.5. The Hall–Kier alpha value is -4.25. The van der Waals surface area contributed by atoms with Crippen molar-refractivity contribution in [3.8, 4) is 22.6 Å². The number of fused-ring (bicyclic) bond motifs is 1. The standard InChI is InChI=1S/C36H43N5O5/c1-25-29(27-10-11-32(44-2)33(22-27)46-18-6-14-40-16-19-45-20-17-40)7-5-8-30(25)39-35-34-28(12-13-37-35)21-26(23-38-34)24-41-15-4-3-9-31(41)36(42)43/h5,7-8,10-13,21-23,31H,3-4,6,9,14-20,24H2,1-2H3,(H,37,39)(H,42,43). The molecule has 10 heteroatoms. The molecule has 2 aromatic heterocycles. The summed E-state index contributed by atoms with van der Waals surface area (Å²) in [7, 11) is 1.67. The molecule has 2 saturated heterocycles. The van der Waals surface area contributed by atoms with Crippen molar-refractivity contribution in [2.24, 2.45) is 0 Å². The van der Waals surface area contributed by atoms with E-state index in [9.17, 15) is 9.90 Å². The van der Waals surface area contributed by atoms with Gasteiger partial charge in [-0.05, 0) is 85.3 Å². The number of carboxylic acids is 1. The summed E-state index contributed by atoms with van der Waals surface area (Å²) >= 11 is 0. The number of rotatable bonds is 12. The fourth-order valence-corrected chi connectivity index (χ4v) is 6.44. The maximum atomic E-state index is 11.8. The van der Waals surface area contributed by atoms with Gasteiger partial charge in [0.05, 0.1) is 26.9 Å². The number of methoxy groups -OCH3 is 1. The second-order valence-electron chi connectivity index (χ2n) is 12.0. The topological polar surface area (TPSA) is 109 Å². The number of piperidine rings is 1. The number of morpholine rings is 1. The number of nitrogens with zero attached hydrogens (tertiary/aromatic N) is 4.